The minimum Gasteiger partial charge on any atom is -0.352 e. The molecule has 1 aliphatic heterocycles. The van der Waals surface area contributed by atoms with Crippen LogP contribution in [-0.2, 0) is 9.59 Å². The van der Waals surface area contributed by atoms with Gasteiger partial charge >= 0.3 is 0 Å². The lowest BCUT2D eigenvalue weighted by Gasteiger charge is -2.42. The van der Waals surface area contributed by atoms with Crippen molar-refractivity contribution in [1.82, 2.24) is 10.2 Å². The highest BCUT2D eigenvalue weighted by Crippen LogP contribution is 2.22. The van der Waals surface area contributed by atoms with Crippen LogP contribution >= 0.6 is 0 Å². The van der Waals surface area contributed by atoms with Gasteiger partial charge in [-0.1, -0.05) is 13.8 Å². The van der Waals surface area contributed by atoms with E-state index < -0.39 is 5.54 Å². The van der Waals surface area contributed by atoms with Crippen molar-refractivity contribution in [1.29, 1.82) is 0 Å². The van der Waals surface area contributed by atoms with E-state index in [1.165, 1.54) is 0 Å². The molecule has 0 aliphatic carbocycles. The number of nitrogens with two attached hydrogens (primary N) is 1. The molecule has 0 bridgehead atoms. The first-order valence-corrected chi connectivity index (χ1v) is 6.60. The molecule has 18 heavy (non-hydrogen) atoms. The van der Waals surface area contributed by atoms with Crippen LogP contribution in [0.3, 0.4) is 0 Å². The molecule has 1 aliphatic rings. The number of amides is 2. The van der Waals surface area contributed by atoms with Gasteiger partial charge < -0.3 is 16.0 Å². The molecule has 0 spiro atoms. The molecular formula is C13H25N3O2. The Morgan fingerprint density at radius 3 is 2.61 bits per heavy atom. The molecule has 0 saturated carbocycles. The van der Waals surface area contributed by atoms with Crippen molar-refractivity contribution in [2.75, 3.05) is 19.6 Å². The van der Waals surface area contributed by atoms with Crippen LogP contribution in [0.1, 0.15) is 34.1 Å². The Morgan fingerprint density at radius 2 is 2.11 bits per heavy atom. The average Bonchev–Trinajstić information content (AvgIpc) is 2.28. The van der Waals surface area contributed by atoms with Crippen molar-refractivity contribution >= 4 is 11.8 Å². The monoisotopic (exact) mass is 255 g/mol. The number of carbonyl (C=O) groups is 2. The van der Waals surface area contributed by atoms with Crippen LogP contribution in [0.5, 0.6) is 0 Å². The Hall–Kier alpha value is -1.10. The Labute approximate surface area is 109 Å². The summed E-state index contributed by atoms with van der Waals surface area (Å²) in [6.07, 6.45) is 0.767. The summed E-state index contributed by atoms with van der Waals surface area (Å²) in [5.41, 5.74) is 4.93. The minimum absolute atomic E-state index is 0.00560. The molecule has 0 aromatic rings. The molecule has 2 amide bonds. The number of carbonyl (C=O) groups excluding carboxylic acids is 2. The van der Waals surface area contributed by atoms with Crippen molar-refractivity contribution in [2.45, 2.75) is 39.7 Å². The number of hydrogen-bond donors (Lipinski definition) is 2. The van der Waals surface area contributed by atoms with Crippen LogP contribution in [-0.4, -0.2) is 41.9 Å². The van der Waals surface area contributed by atoms with Crippen LogP contribution < -0.4 is 11.1 Å². The van der Waals surface area contributed by atoms with E-state index in [0.29, 0.717) is 25.6 Å². The van der Waals surface area contributed by atoms with Crippen molar-refractivity contribution < 1.29 is 9.59 Å². The molecular weight excluding hydrogens is 230 g/mol. The Kier molecular flexibility index (Phi) is 4.73. The van der Waals surface area contributed by atoms with Crippen LogP contribution in [0.15, 0.2) is 0 Å². The van der Waals surface area contributed by atoms with Gasteiger partial charge in [0, 0.05) is 19.6 Å². The smallest absolute Gasteiger partial charge is 0.245 e. The van der Waals surface area contributed by atoms with Crippen molar-refractivity contribution in [2.24, 2.45) is 17.6 Å². The van der Waals surface area contributed by atoms with Gasteiger partial charge in [-0.2, -0.15) is 0 Å². The van der Waals surface area contributed by atoms with Crippen LogP contribution in [0, 0.1) is 11.8 Å². The molecule has 0 aromatic heterocycles. The normalized spacial score (nSPS) is 20.8. The average molecular weight is 255 g/mol. The number of rotatable bonds is 4. The summed E-state index contributed by atoms with van der Waals surface area (Å²) in [7, 11) is 0. The lowest BCUT2D eigenvalue weighted by atomic mass is 9.91. The summed E-state index contributed by atoms with van der Waals surface area (Å²) >= 11 is 0. The maximum atomic E-state index is 12.5. The van der Waals surface area contributed by atoms with E-state index >= 15 is 0 Å². The molecule has 1 atom stereocenters. The number of nitrogens with zero attached hydrogens (tertiary/aromatic N) is 1. The van der Waals surface area contributed by atoms with E-state index in [9.17, 15) is 9.59 Å². The van der Waals surface area contributed by atoms with Gasteiger partial charge in [-0.05, 0) is 26.2 Å². The maximum absolute atomic E-state index is 12.5. The van der Waals surface area contributed by atoms with Crippen molar-refractivity contribution in [3.63, 3.8) is 0 Å². The van der Waals surface area contributed by atoms with Gasteiger partial charge in [0.2, 0.25) is 11.8 Å². The third kappa shape index (κ3) is 3.02. The zero-order valence-corrected chi connectivity index (χ0v) is 11.8. The zero-order chi connectivity index (χ0) is 13.9. The first-order chi connectivity index (χ1) is 8.30. The molecule has 1 heterocycles. The highest BCUT2D eigenvalue weighted by molar-refractivity contribution is 5.92. The third-order valence-electron chi connectivity index (χ3n) is 3.51. The molecule has 1 unspecified atom stereocenters. The Bertz CT molecular complexity index is 326. The van der Waals surface area contributed by atoms with Gasteiger partial charge in [0.25, 0.3) is 0 Å². The van der Waals surface area contributed by atoms with Gasteiger partial charge in [-0.15, -0.1) is 0 Å². The SMILES string of the molecule is CC(C)CC(CN)C(=O)N1CCNC(=O)C1(C)C. The first-order valence-electron chi connectivity index (χ1n) is 6.60. The van der Waals surface area contributed by atoms with E-state index in [2.05, 4.69) is 19.2 Å². The van der Waals surface area contributed by atoms with Gasteiger partial charge in [-0.3, -0.25) is 9.59 Å². The maximum Gasteiger partial charge on any atom is 0.245 e. The molecule has 3 N–H and O–H groups in total. The van der Waals surface area contributed by atoms with Crippen LogP contribution in [0.25, 0.3) is 0 Å². The lowest BCUT2D eigenvalue weighted by molar-refractivity contribution is -0.152. The van der Waals surface area contributed by atoms with Gasteiger partial charge in [0.1, 0.15) is 5.54 Å². The lowest BCUT2D eigenvalue weighted by Crippen LogP contribution is -2.64. The zero-order valence-electron chi connectivity index (χ0n) is 11.8. The molecule has 1 rings (SSSR count). The second kappa shape index (κ2) is 5.69. The van der Waals surface area contributed by atoms with Crippen LogP contribution in [0.4, 0.5) is 0 Å². The molecule has 0 radical (unpaired) electrons. The standard InChI is InChI=1S/C13H25N3O2/c1-9(2)7-10(8-14)11(17)16-6-5-15-12(18)13(16,3)4/h9-10H,5-8,14H2,1-4H3,(H,15,18). The summed E-state index contributed by atoms with van der Waals surface area (Å²) < 4.78 is 0. The molecule has 1 saturated heterocycles. The number of hydrogen-bond acceptors (Lipinski definition) is 3. The topological polar surface area (TPSA) is 75.4 Å². The molecule has 0 aromatic carbocycles. The van der Waals surface area contributed by atoms with Crippen LogP contribution in [0.2, 0.25) is 0 Å². The summed E-state index contributed by atoms with van der Waals surface area (Å²) in [4.78, 5) is 26.0. The molecule has 5 heteroatoms. The second-order valence-corrected chi connectivity index (χ2v) is 5.87. The van der Waals surface area contributed by atoms with E-state index in [4.69, 9.17) is 5.73 Å². The first kappa shape index (κ1) is 15.0. The quantitative estimate of drug-likeness (QED) is 0.761. The molecule has 104 valence electrons. The molecule has 1 fully saturated rings. The number of piperazine rings is 1. The summed E-state index contributed by atoms with van der Waals surface area (Å²) in [6.45, 7) is 9.13. The second-order valence-electron chi connectivity index (χ2n) is 5.87. The summed E-state index contributed by atoms with van der Waals surface area (Å²) in [5.74, 6) is 0.146. The van der Waals surface area contributed by atoms with Gasteiger partial charge in [0.15, 0.2) is 0 Å². The van der Waals surface area contributed by atoms with E-state index in [1.54, 1.807) is 18.7 Å². The fourth-order valence-electron chi connectivity index (χ4n) is 2.37. The third-order valence-corrected chi connectivity index (χ3v) is 3.51. The van der Waals surface area contributed by atoms with Crippen molar-refractivity contribution in [3.8, 4) is 0 Å². The highest BCUT2D eigenvalue weighted by Gasteiger charge is 2.42. The van der Waals surface area contributed by atoms with E-state index in [-0.39, 0.29) is 17.7 Å². The van der Waals surface area contributed by atoms with Gasteiger partial charge in [0.05, 0.1) is 5.92 Å². The molecule has 5 nitrogen and oxygen atoms in total. The largest absolute Gasteiger partial charge is 0.352 e. The summed E-state index contributed by atoms with van der Waals surface area (Å²) in [5, 5.41) is 2.79. The number of nitrogens with one attached hydrogen (secondary N) is 1. The Morgan fingerprint density at radius 1 is 1.50 bits per heavy atom. The fraction of sp³-hybridized carbons (Fsp3) is 0.846. The van der Waals surface area contributed by atoms with Crippen molar-refractivity contribution in [3.05, 3.63) is 0 Å². The summed E-state index contributed by atoms with van der Waals surface area (Å²) in [6, 6.07) is 0. The highest BCUT2D eigenvalue weighted by atomic mass is 16.2. The minimum atomic E-state index is -0.778. The predicted molar refractivity (Wildman–Crippen MR) is 70.8 cm³/mol. The van der Waals surface area contributed by atoms with E-state index in [1.807, 2.05) is 0 Å². The van der Waals surface area contributed by atoms with Gasteiger partial charge in [-0.25, -0.2) is 0 Å². The van der Waals surface area contributed by atoms with E-state index in [0.717, 1.165) is 6.42 Å². The fourth-order valence-corrected chi connectivity index (χ4v) is 2.37. The predicted octanol–water partition coefficient (Wildman–Crippen LogP) is 0.344. The Balaban J connectivity index is 2.83.